The van der Waals surface area contributed by atoms with Crippen LogP contribution in [0.1, 0.15) is 66.8 Å². The number of nitrogens with one attached hydrogen (secondary N) is 1. The SMILES string of the molecule is COC[C@@H]1CCCN1C[C@@H]1C[C@H](c2ccc(CO)cc2)O[C@H](c2ccc(-c3cccc(CNC(=O)[C@@H]4CCCN4C(=O)C(F)(F)F)c3)cc2)O1. The summed E-state index contributed by atoms with van der Waals surface area (Å²) in [5, 5.41) is 12.2. The largest absolute Gasteiger partial charge is 0.471 e. The van der Waals surface area contributed by atoms with Gasteiger partial charge in [-0.05, 0) is 66.1 Å². The molecular formula is C38H44F3N3O6. The van der Waals surface area contributed by atoms with Crippen LogP contribution in [0.4, 0.5) is 13.2 Å². The first-order valence-electron chi connectivity index (χ1n) is 17.2. The molecule has 12 heteroatoms. The molecule has 3 saturated heterocycles. The number of amides is 2. The maximum atomic E-state index is 13.0. The van der Waals surface area contributed by atoms with Gasteiger partial charge < -0.3 is 29.5 Å². The minimum Gasteiger partial charge on any atom is -0.392 e. The second kappa shape index (κ2) is 16.0. The molecule has 2 N–H and O–H groups in total. The highest BCUT2D eigenvalue weighted by atomic mass is 19.4. The number of hydrogen-bond donors (Lipinski definition) is 2. The van der Waals surface area contributed by atoms with E-state index >= 15 is 0 Å². The predicted octanol–water partition coefficient (Wildman–Crippen LogP) is 5.67. The van der Waals surface area contributed by atoms with Crippen molar-refractivity contribution in [1.82, 2.24) is 15.1 Å². The molecule has 5 atom stereocenters. The maximum Gasteiger partial charge on any atom is 0.471 e. The first kappa shape index (κ1) is 36.0. The number of likely N-dealkylation sites (tertiary alicyclic amines) is 2. The second-order valence-electron chi connectivity index (χ2n) is 13.3. The number of benzene rings is 3. The van der Waals surface area contributed by atoms with Crippen LogP contribution in [0.25, 0.3) is 11.1 Å². The number of nitrogens with zero attached hydrogens (tertiary/aromatic N) is 2. The number of carbonyl (C=O) groups is 2. The zero-order chi connectivity index (χ0) is 35.3. The third-order valence-corrected chi connectivity index (χ3v) is 9.88. The lowest BCUT2D eigenvalue weighted by Gasteiger charge is -2.38. The van der Waals surface area contributed by atoms with Crippen LogP contribution >= 0.6 is 0 Å². The quantitative estimate of drug-likeness (QED) is 0.267. The van der Waals surface area contributed by atoms with E-state index in [1.165, 1.54) is 0 Å². The van der Waals surface area contributed by atoms with Crippen LogP contribution in [-0.2, 0) is 37.0 Å². The smallest absolute Gasteiger partial charge is 0.392 e. The van der Waals surface area contributed by atoms with E-state index in [1.54, 1.807) is 7.11 Å². The van der Waals surface area contributed by atoms with Gasteiger partial charge in [0.15, 0.2) is 6.29 Å². The highest BCUT2D eigenvalue weighted by Gasteiger charge is 2.47. The van der Waals surface area contributed by atoms with Gasteiger partial charge in [0.2, 0.25) is 5.91 Å². The lowest BCUT2D eigenvalue weighted by atomic mass is 9.98. The number of hydrogen-bond acceptors (Lipinski definition) is 7. The summed E-state index contributed by atoms with van der Waals surface area (Å²) in [7, 11) is 1.74. The molecule has 0 aliphatic carbocycles. The lowest BCUT2D eigenvalue weighted by molar-refractivity contribution is -0.253. The Kier molecular flexibility index (Phi) is 11.5. The summed E-state index contributed by atoms with van der Waals surface area (Å²) in [5.41, 5.74) is 5.36. The van der Waals surface area contributed by atoms with E-state index in [-0.39, 0.29) is 38.3 Å². The Labute approximate surface area is 290 Å². The number of ether oxygens (including phenoxy) is 3. The van der Waals surface area contributed by atoms with Crippen molar-refractivity contribution in [3.05, 3.63) is 95.1 Å². The third kappa shape index (κ3) is 8.55. The molecule has 2 amide bonds. The van der Waals surface area contributed by atoms with Crippen molar-refractivity contribution in [2.24, 2.45) is 0 Å². The zero-order valence-corrected chi connectivity index (χ0v) is 28.1. The molecule has 50 heavy (non-hydrogen) atoms. The van der Waals surface area contributed by atoms with Crippen molar-refractivity contribution in [2.45, 2.75) is 82.0 Å². The summed E-state index contributed by atoms with van der Waals surface area (Å²) in [6, 6.07) is 22.6. The lowest BCUT2D eigenvalue weighted by Crippen LogP contribution is -2.50. The highest BCUT2D eigenvalue weighted by Crippen LogP contribution is 2.39. The Hall–Kier alpha value is -3.81. The Balaban J connectivity index is 1.13. The molecule has 0 aromatic heterocycles. The molecule has 268 valence electrons. The van der Waals surface area contributed by atoms with Crippen molar-refractivity contribution in [3.8, 4) is 11.1 Å². The Morgan fingerprint density at radius 2 is 1.66 bits per heavy atom. The van der Waals surface area contributed by atoms with Crippen LogP contribution in [0.15, 0.2) is 72.8 Å². The Morgan fingerprint density at radius 3 is 2.38 bits per heavy atom. The molecule has 6 rings (SSSR count). The van der Waals surface area contributed by atoms with Crippen molar-refractivity contribution in [3.63, 3.8) is 0 Å². The molecule has 9 nitrogen and oxygen atoms in total. The summed E-state index contributed by atoms with van der Waals surface area (Å²) in [6.45, 7) is 2.47. The van der Waals surface area contributed by atoms with Gasteiger partial charge in [-0.15, -0.1) is 0 Å². The van der Waals surface area contributed by atoms with Crippen molar-refractivity contribution < 1.29 is 42.1 Å². The predicted molar refractivity (Wildman–Crippen MR) is 179 cm³/mol. The van der Waals surface area contributed by atoms with E-state index in [0.717, 1.165) is 59.3 Å². The molecule has 3 aromatic carbocycles. The van der Waals surface area contributed by atoms with Crippen LogP contribution in [0, 0.1) is 0 Å². The molecular weight excluding hydrogens is 651 g/mol. The van der Waals surface area contributed by atoms with E-state index in [2.05, 4.69) is 10.2 Å². The van der Waals surface area contributed by atoms with Gasteiger partial charge in [-0.3, -0.25) is 14.5 Å². The number of halogens is 3. The van der Waals surface area contributed by atoms with Crippen molar-refractivity contribution in [2.75, 3.05) is 33.4 Å². The van der Waals surface area contributed by atoms with E-state index < -0.39 is 30.3 Å². The van der Waals surface area contributed by atoms with Crippen LogP contribution in [0.5, 0.6) is 0 Å². The van der Waals surface area contributed by atoms with Crippen LogP contribution in [-0.4, -0.2) is 84.4 Å². The van der Waals surface area contributed by atoms with Crippen molar-refractivity contribution in [1.29, 1.82) is 0 Å². The topological polar surface area (TPSA) is 101 Å². The number of aliphatic hydroxyl groups excluding tert-OH is 1. The summed E-state index contributed by atoms with van der Waals surface area (Å²) in [6.07, 6.45) is -2.40. The van der Waals surface area contributed by atoms with Gasteiger partial charge >= 0.3 is 12.1 Å². The molecule has 3 aromatic rings. The molecule has 0 saturated carbocycles. The number of rotatable bonds is 11. The minimum atomic E-state index is -5.01. The summed E-state index contributed by atoms with van der Waals surface area (Å²) in [5.74, 6) is -2.57. The molecule has 0 bridgehead atoms. The molecule has 3 aliphatic rings. The van der Waals surface area contributed by atoms with Gasteiger partial charge in [-0.1, -0.05) is 66.7 Å². The average molecular weight is 696 g/mol. The maximum absolute atomic E-state index is 13.0. The van der Waals surface area contributed by atoms with E-state index in [1.807, 2.05) is 72.8 Å². The fraction of sp³-hybridized carbons (Fsp3) is 0.474. The van der Waals surface area contributed by atoms with Crippen molar-refractivity contribution >= 4 is 11.8 Å². The molecule has 3 aliphatic heterocycles. The first-order chi connectivity index (χ1) is 24.1. The van der Waals surface area contributed by atoms with Gasteiger partial charge in [0, 0.05) is 44.8 Å². The second-order valence-corrected chi connectivity index (χ2v) is 13.3. The summed E-state index contributed by atoms with van der Waals surface area (Å²) >= 11 is 0. The summed E-state index contributed by atoms with van der Waals surface area (Å²) < 4.78 is 57.7. The van der Waals surface area contributed by atoms with Gasteiger partial charge in [-0.2, -0.15) is 13.2 Å². The van der Waals surface area contributed by atoms with Crippen LogP contribution < -0.4 is 5.32 Å². The normalized spacial score (nSPS) is 24.4. The minimum absolute atomic E-state index is 0.0212. The standard InChI is InChI=1S/C38H44F3N3O6/c1-48-24-31-7-3-17-43(31)22-32-20-34(28-11-9-25(23-45)10-12-28)50-36(49-32)29-15-13-27(14-16-29)30-6-2-5-26(19-30)21-42-35(46)33-8-4-18-44(33)37(47)38(39,40)41/h2,5-6,9-16,19,31-34,36,45H,3-4,7-8,17-18,20-24H2,1H3,(H,42,46)/t31-,32-,33-,34+,36+/m0/s1. The van der Waals surface area contributed by atoms with Gasteiger partial charge in [0.25, 0.3) is 0 Å². The van der Waals surface area contributed by atoms with Crippen LogP contribution in [0.2, 0.25) is 0 Å². The van der Waals surface area contributed by atoms with Gasteiger partial charge in [0.05, 0.1) is 25.4 Å². The number of methoxy groups -OCH3 is 1. The first-order valence-corrected chi connectivity index (χ1v) is 17.2. The van der Waals surface area contributed by atoms with E-state index in [9.17, 15) is 27.9 Å². The average Bonchev–Trinajstić information content (AvgIpc) is 3.80. The number of aliphatic hydroxyl groups is 1. The monoisotopic (exact) mass is 695 g/mol. The number of alkyl halides is 3. The van der Waals surface area contributed by atoms with E-state index in [0.29, 0.717) is 30.4 Å². The highest BCUT2D eigenvalue weighted by molar-refractivity contribution is 5.90. The molecule has 0 radical (unpaired) electrons. The Bertz CT molecular complexity index is 1600. The molecule has 3 heterocycles. The van der Waals surface area contributed by atoms with Gasteiger partial charge in [0.1, 0.15) is 6.04 Å². The molecule has 0 spiro atoms. The fourth-order valence-electron chi connectivity index (χ4n) is 7.26. The molecule has 3 fully saturated rings. The molecule has 0 unspecified atom stereocenters. The number of carbonyl (C=O) groups excluding carboxylic acids is 2. The van der Waals surface area contributed by atoms with Crippen LogP contribution in [0.3, 0.4) is 0 Å². The van der Waals surface area contributed by atoms with Gasteiger partial charge in [-0.25, -0.2) is 0 Å². The third-order valence-electron chi connectivity index (χ3n) is 9.88. The van der Waals surface area contributed by atoms with E-state index in [4.69, 9.17) is 14.2 Å². The summed E-state index contributed by atoms with van der Waals surface area (Å²) in [4.78, 5) is 27.7. The zero-order valence-electron chi connectivity index (χ0n) is 28.1. The fourth-order valence-corrected chi connectivity index (χ4v) is 7.26. The Morgan fingerprint density at radius 1 is 0.920 bits per heavy atom.